The van der Waals surface area contributed by atoms with Crippen molar-refractivity contribution in [2.24, 2.45) is 5.73 Å². The second-order valence-corrected chi connectivity index (χ2v) is 6.39. The number of hydrogen-bond donors (Lipinski definition) is 6. The number of aliphatic carboxylic acids is 1. The van der Waals surface area contributed by atoms with Crippen molar-refractivity contribution in [1.29, 1.82) is 0 Å². The predicted octanol–water partition coefficient (Wildman–Crippen LogP) is -2.93. The molecule has 0 bridgehead atoms. The molecular formula is C19H25N5O7. The molecule has 7 N–H and O–H groups in total. The Labute approximate surface area is 177 Å². The number of ketones is 1. The van der Waals surface area contributed by atoms with Gasteiger partial charge in [0, 0.05) is 6.42 Å². The maximum absolute atomic E-state index is 12.5. The van der Waals surface area contributed by atoms with Crippen molar-refractivity contribution < 1.29 is 33.9 Å². The molecule has 1 rings (SSSR count). The van der Waals surface area contributed by atoms with Crippen LogP contribution in [0.5, 0.6) is 0 Å². The van der Waals surface area contributed by atoms with Gasteiger partial charge in [-0.05, 0) is 5.56 Å². The van der Waals surface area contributed by atoms with Gasteiger partial charge in [0.25, 0.3) is 0 Å². The summed E-state index contributed by atoms with van der Waals surface area (Å²) in [5.74, 6) is -4.52. The molecule has 0 heterocycles. The van der Waals surface area contributed by atoms with E-state index in [2.05, 4.69) is 21.3 Å². The molecule has 0 saturated heterocycles. The summed E-state index contributed by atoms with van der Waals surface area (Å²) in [6.45, 7) is -1.62. The first kappa shape index (κ1) is 25.2. The van der Waals surface area contributed by atoms with Crippen LogP contribution in [-0.4, -0.2) is 72.7 Å². The zero-order valence-corrected chi connectivity index (χ0v) is 16.7. The molecule has 0 fully saturated rings. The van der Waals surface area contributed by atoms with Gasteiger partial charge in [-0.3, -0.25) is 28.8 Å². The first-order chi connectivity index (χ1) is 14.7. The number of Topliss-reactive ketones (excluding diaryl/α,β-unsaturated/α-hetero) is 1. The van der Waals surface area contributed by atoms with Gasteiger partial charge in [0.05, 0.1) is 26.2 Å². The van der Waals surface area contributed by atoms with Crippen molar-refractivity contribution in [2.75, 3.05) is 26.2 Å². The lowest BCUT2D eigenvalue weighted by molar-refractivity contribution is -0.140. The maximum Gasteiger partial charge on any atom is 0.310 e. The van der Waals surface area contributed by atoms with E-state index < -0.39 is 60.9 Å². The van der Waals surface area contributed by atoms with Crippen molar-refractivity contribution in [3.63, 3.8) is 0 Å². The summed E-state index contributed by atoms with van der Waals surface area (Å²) in [6, 6.07) is 7.78. The number of benzene rings is 1. The minimum Gasteiger partial charge on any atom is -0.481 e. The third kappa shape index (κ3) is 11.1. The van der Waals surface area contributed by atoms with Crippen molar-refractivity contribution in [3.8, 4) is 0 Å². The number of hydrogen-bond acceptors (Lipinski definition) is 7. The summed E-state index contributed by atoms with van der Waals surface area (Å²) >= 11 is 0. The quantitative estimate of drug-likeness (QED) is 0.177. The first-order valence-electron chi connectivity index (χ1n) is 9.29. The third-order valence-corrected chi connectivity index (χ3v) is 3.82. The van der Waals surface area contributed by atoms with Gasteiger partial charge in [0.1, 0.15) is 12.5 Å². The van der Waals surface area contributed by atoms with E-state index in [0.29, 0.717) is 0 Å². The molecule has 168 valence electrons. The number of rotatable bonds is 13. The molecule has 0 unspecified atom stereocenters. The average molecular weight is 435 g/mol. The second kappa shape index (κ2) is 13.4. The van der Waals surface area contributed by atoms with Crippen molar-refractivity contribution >= 4 is 35.4 Å². The second-order valence-electron chi connectivity index (χ2n) is 6.39. The number of amides is 4. The van der Waals surface area contributed by atoms with Crippen molar-refractivity contribution in [1.82, 2.24) is 21.3 Å². The van der Waals surface area contributed by atoms with Gasteiger partial charge >= 0.3 is 5.97 Å². The number of carbonyl (C=O) groups is 6. The van der Waals surface area contributed by atoms with E-state index in [0.717, 1.165) is 5.56 Å². The van der Waals surface area contributed by atoms with Crippen LogP contribution < -0.4 is 27.0 Å². The molecule has 12 heteroatoms. The fraction of sp³-hybridized carbons (Fsp3) is 0.368. The number of carboxylic acid groups (broad SMARTS) is 1. The van der Waals surface area contributed by atoms with E-state index in [9.17, 15) is 28.8 Å². The van der Waals surface area contributed by atoms with E-state index in [1.54, 1.807) is 30.3 Å². The highest BCUT2D eigenvalue weighted by Gasteiger charge is 2.22. The minimum atomic E-state index is -1.31. The maximum atomic E-state index is 12.5. The van der Waals surface area contributed by atoms with Crippen LogP contribution in [0.15, 0.2) is 30.3 Å². The first-order valence-corrected chi connectivity index (χ1v) is 9.29. The molecule has 1 aromatic carbocycles. The Hall–Kier alpha value is -3.80. The van der Waals surface area contributed by atoms with E-state index in [-0.39, 0.29) is 19.5 Å². The van der Waals surface area contributed by atoms with Crippen LogP contribution in [0, 0.1) is 0 Å². The average Bonchev–Trinajstić information content (AvgIpc) is 2.74. The molecule has 1 atom stereocenters. The van der Waals surface area contributed by atoms with Gasteiger partial charge < -0.3 is 32.1 Å². The summed E-state index contributed by atoms with van der Waals surface area (Å²) in [5, 5.41) is 17.8. The van der Waals surface area contributed by atoms with Gasteiger partial charge in [-0.15, -0.1) is 0 Å². The molecular weight excluding hydrogens is 410 g/mol. The lowest BCUT2D eigenvalue weighted by Gasteiger charge is -2.19. The summed E-state index contributed by atoms with van der Waals surface area (Å²) in [7, 11) is 0. The van der Waals surface area contributed by atoms with Crippen LogP contribution in [0.3, 0.4) is 0 Å². The molecule has 0 aliphatic heterocycles. The van der Waals surface area contributed by atoms with Gasteiger partial charge in [-0.2, -0.15) is 0 Å². The molecule has 0 aliphatic carbocycles. The van der Waals surface area contributed by atoms with Crippen LogP contribution in [-0.2, 0) is 35.2 Å². The number of nitrogens with one attached hydrogen (secondary N) is 4. The smallest absolute Gasteiger partial charge is 0.310 e. The fourth-order valence-corrected chi connectivity index (χ4v) is 2.34. The summed E-state index contributed by atoms with van der Waals surface area (Å²) < 4.78 is 0. The lowest BCUT2D eigenvalue weighted by Crippen LogP contribution is -2.52. The Bertz CT molecular complexity index is 813. The molecule has 0 aromatic heterocycles. The molecule has 12 nitrogen and oxygen atoms in total. The Morgan fingerprint density at radius 1 is 0.839 bits per heavy atom. The molecule has 0 saturated carbocycles. The summed E-state index contributed by atoms with van der Waals surface area (Å²) in [6.07, 6.45) is -0.597. The van der Waals surface area contributed by atoms with E-state index in [1.165, 1.54) is 0 Å². The van der Waals surface area contributed by atoms with Crippen LogP contribution in [0.1, 0.15) is 12.0 Å². The van der Waals surface area contributed by atoms with Gasteiger partial charge in [-0.25, -0.2) is 0 Å². The topological polar surface area (TPSA) is 197 Å². The Kier molecular flexibility index (Phi) is 10.9. The zero-order chi connectivity index (χ0) is 23.2. The van der Waals surface area contributed by atoms with E-state index in [1.807, 2.05) is 0 Å². The molecule has 1 aromatic rings. The van der Waals surface area contributed by atoms with Crippen LogP contribution in [0.2, 0.25) is 0 Å². The summed E-state index contributed by atoms with van der Waals surface area (Å²) in [4.78, 5) is 69.2. The fourth-order valence-electron chi connectivity index (χ4n) is 2.34. The molecule has 0 aliphatic rings. The molecule has 4 amide bonds. The molecule has 31 heavy (non-hydrogen) atoms. The van der Waals surface area contributed by atoms with Crippen LogP contribution >= 0.6 is 0 Å². The lowest BCUT2D eigenvalue weighted by atomic mass is 10.1. The normalized spacial score (nSPS) is 11.0. The highest BCUT2D eigenvalue weighted by Crippen LogP contribution is 2.03. The van der Waals surface area contributed by atoms with Crippen LogP contribution in [0.25, 0.3) is 0 Å². The van der Waals surface area contributed by atoms with Gasteiger partial charge in [0.15, 0.2) is 5.78 Å². The van der Waals surface area contributed by atoms with E-state index in [4.69, 9.17) is 10.8 Å². The standard InChI is InChI=1S/C19H25N5O7/c20-8-15(26)22-11-17(28)24-14(6-12-4-2-1-3-5-12)19(31)23-10-16(27)21-9-13(25)7-18(29)30/h1-5,14H,6-11,20H2,(H,21,27)(H,22,26)(H,23,31)(H,24,28)(H,29,30)/t14-/m1/s1. The SMILES string of the molecule is NCC(=O)NCC(=O)N[C@H](Cc1ccccc1)C(=O)NCC(=O)NCC(=O)CC(=O)O. The highest BCUT2D eigenvalue weighted by molar-refractivity contribution is 5.98. The molecule has 0 spiro atoms. The van der Waals surface area contributed by atoms with Gasteiger partial charge in [-0.1, -0.05) is 30.3 Å². The molecule has 0 radical (unpaired) electrons. The van der Waals surface area contributed by atoms with Crippen molar-refractivity contribution in [3.05, 3.63) is 35.9 Å². The van der Waals surface area contributed by atoms with Gasteiger partial charge in [0.2, 0.25) is 23.6 Å². The summed E-state index contributed by atoms with van der Waals surface area (Å²) in [5.41, 5.74) is 5.90. The Morgan fingerprint density at radius 3 is 2.06 bits per heavy atom. The van der Waals surface area contributed by atoms with Crippen LogP contribution in [0.4, 0.5) is 0 Å². The monoisotopic (exact) mass is 435 g/mol. The predicted molar refractivity (Wildman–Crippen MR) is 107 cm³/mol. The van der Waals surface area contributed by atoms with Crippen molar-refractivity contribution in [2.45, 2.75) is 18.9 Å². The van der Waals surface area contributed by atoms with E-state index >= 15 is 0 Å². The Morgan fingerprint density at radius 2 is 1.45 bits per heavy atom. The third-order valence-electron chi connectivity index (χ3n) is 3.82. The number of nitrogens with two attached hydrogens (primary N) is 1. The minimum absolute atomic E-state index is 0.127. The Balaban J connectivity index is 2.62. The number of carboxylic acids is 1. The number of carbonyl (C=O) groups excluding carboxylic acids is 5. The largest absolute Gasteiger partial charge is 0.481 e. The zero-order valence-electron chi connectivity index (χ0n) is 16.7. The highest BCUT2D eigenvalue weighted by atomic mass is 16.4.